The predicted molar refractivity (Wildman–Crippen MR) is 68.9 cm³/mol. The molecule has 0 saturated carbocycles. The van der Waals surface area contributed by atoms with Crippen molar-refractivity contribution in [3.8, 4) is 5.75 Å². The Hall–Kier alpha value is -2.35. The lowest BCUT2D eigenvalue weighted by Crippen LogP contribution is -2.08. The van der Waals surface area contributed by atoms with E-state index in [0.717, 1.165) is 10.8 Å². The van der Waals surface area contributed by atoms with Crippen LogP contribution in [0.1, 0.15) is 0 Å². The summed E-state index contributed by atoms with van der Waals surface area (Å²) in [5.74, 6) is 0.0625. The zero-order valence-corrected chi connectivity index (χ0v) is 9.35. The quantitative estimate of drug-likeness (QED) is 0.345. The number of rotatable bonds is 3. The number of carbonyl (C=O) groups excluding carboxylic acids is 1. The molecular formula is C15H12O2. The van der Waals surface area contributed by atoms with E-state index in [1.807, 2.05) is 36.4 Å². The van der Waals surface area contributed by atoms with Gasteiger partial charge in [-0.2, -0.15) is 0 Å². The first-order valence-electron chi connectivity index (χ1n) is 5.23. The van der Waals surface area contributed by atoms with E-state index in [2.05, 4.69) is 13.2 Å². The second-order valence-electron chi connectivity index (χ2n) is 3.60. The second-order valence-corrected chi connectivity index (χ2v) is 3.60. The Kier molecular flexibility index (Phi) is 3.06. The van der Waals surface area contributed by atoms with Gasteiger partial charge in [-0.1, -0.05) is 55.6 Å². The van der Waals surface area contributed by atoms with Crippen molar-refractivity contribution in [2.75, 3.05) is 0 Å². The minimum absolute atomic E-state index is 0.248. The van der Waals surface area contributed by atoms with Gasteiger partial charge in [0.25, 0.3) is 0 Å². The summed E-state index contributed by atoms with van der Waals surface area (Å²) in [5, 5.41) is 1.93. The molecule has 0 bridgehead atoms. The number of esters is 1. The van der Waals surface area contributed by atoms with Crippen LogP contribution >= 0.6 is 0 Å². The molecule has 0 saturated heterocycles. The fraction of sp³-hybridized carbons (Fsp3) is 0. The van der Waals surface area contributed by atoms with Crippen LogP contribution in [0.25, 0.3) is 10.8 Å². The molecule has 0 heterocycles. The lowest BCUT2D eigenvalue weighted by Gasteiger charge is -2.07. The number of fused-ring (bicyclic) bond motifs is 1. The van der Waals surface area contributed by atoms with Gasteiger partial charge in [0.15, 0.2) is 0 Å². The first kappa shape index (κ1) is 11.1. The van der Waals surface area contributed by atoms with Crippen LogP contribution in [0.4, 0.5) is 0 Å². The molecular weight excluding hydrogens is 212 g/mol. The van der Waals surface area contributed by atoms with E-state index in [0.29, 0.717) is 5.75 Å². The average molecular weight is 224 g/mol. The van der Waals surface area contributed by atoms with Crippen LogP contribution in [0.15, 0.2) is 67.3 Å². The third kappa shape index (κ3) is 2.26. The van der Waals surface area contributed by atoms with Crippen molar-refractivity contribution < 1.29 is 9.53 Å². The highest BCUT2D eigenvalue weighted by atomic mass is 16.5. The van der Waals surface area contributed by atoms with E-state index in [1.165, 1.54) is 6.08 Å². The number of hydrogen-bond donors (Lipinski definition) is 0. The summed E-state index contributed by atoms with van der Waals surface area (Å²) in [5.41, 5.74) is 0.248. The number of ether oxygens (including phenoxy) is 1. The smallest absolute Gasteiger partial charge is 0.342 e. The molecule has 0 amide bonds. The Bertz CT molecular complexity index is 591. The molecule has 2 aromatic carbocycles. The van der Waals surface area contributed by atoms with E-state index in [9.17, 15) is 4.79 Å². The number of benzene rings is 2. The summed E-state index contributed by atoms with van der Waals surface area (Å²) in [4.78, 5) is 11.6. The van der Waals surface area contributed by atoms with Crippen molar-refractivity contribution in [2.45, 2.75) is 0 Å². The summed E-state index contributed by atoms with van der Waals surface area (Å²) in [6, 6.07) is 13.3. The Morgan fingerprint density at radius 1 is 1.12 bits per heavy atom. The monoisotopic (exact) mass is 224 g/mol. The minimum atomic E-state index is -0.476. The highest BCUT2D eigenvalue weighted by molar-refractivity contribution is 5.96. The highest BCUT2D eigenvalue weighted by Gasteiger charge is 2.08. The Labute approximate surface area is 99.8 Å². The Balaban J connectivity index is 2.39. The molecule has 0 fully saturated rings. The van der Waals surface area contributed by atoms with Gasteiger partial charge >= 0.3 is 5.97 Å². The van der Waals surface area contributed by atoms with Crippen molar-refractivity contribution in [3.63, 3.8) is 0 Å². The van der Waals surface area contributed by atoms with Crippen LogP contribution < -0.4 is 4.74 Å². The Morgan fingerprint density at radius 3 is 2.59 bits per heavy atom. The zero-order valence-electron chi connectivity index (χ0n) is 9.35. The topological polar surface area (TPSA) is 26.3 Å². The summed E-state index contributed by atoms with van der Waals surface area (Å²) >= 11 is 0. The van der Waals surface area contributed by atoms with Crippen molar-refractivity contribution in [3.05, 3.63) is 67.3 Å². The maximum Gasteiger partial charge on any atom is 0.342 e. The van der Waals surface area contributed by atoms with Crippen LogP contribution in [0.2, 0.25) is 0 Å². The lowest BCUT2D eigenvalue weighted by molar-refractivity contribution is -0.129. The summed E-state index contributed by atoms with van der Waals surface area (Å²) in [6.45, 7) is 7.04. The van der Waals surface area contributed by atoms with Crippen molar-refractivity contribution in [2.24, 2.45) is 0 Å². The molecule has 2 nitrogen and oxygen atoms in total. The third-order valence-corrected chi connectivity index (χ3v) is 2.46. The lowest BCUT2D eigenvalue weighted by atomic mass is 10.1. The van der Waals surface area contributed by atoms with Crippen LogP contribution in [0, 0.1) is 0 Å². The van der Waals surface area contributed by atoms with Crippen molar-refractivity contribution in [1.29, 1.82) is 0 Å². The molecule has 2 rings (SSSR count). The first-order valence-corrected chi connectivity index (χ1v) is 5.23. The van der Waals surface area contributed by atoms with Crippen molar-refractivity contribution >= 4 is 16.7 Å². The van der Waals surface area contributed by atoms with Gasteiger partial charge in [0.1, 0.15) is 5.75 Å². The normalized spacial score (nSPS) is 9.88. The summed E-state index contributed by atoms with van der Waals surface area (Å²) in [7, 11) is 0. The SMILES string of the molecule is C=CC(=C)C(=O)Oc1cccc2ccccc12. The van der Waals surface area contributed by atoms with Gasteiger partial charge in [-0.05, 0) is 11.5 Å². The molecule has 17 heavy (non-hydrogen) atoms. The molecule has 0 atom stereocenters. The van der Waals surface area contributed by atoms with Gasteiger partial charge < -0.3 is 4.74 Å². The van der Waals surface area contributed by atoms with E-state index in [1.54, 1.807) is 6.07 Å². The predicted octanol–water partition coefficient (Wildman–Crippen LogP) is 3.49. The van der Waals surface area contributed by atoms with Gasteiger partial charge in [-0.15, -0.1) is 0 Å². The molecule has 2 aromatic rings. The van der Waals surface area contributed by atoms with E-state index >= 15 is 0 Å². The molecule has 0 N–H and O–H groups in total. The van der Waals surface area contributed by atoms with Gasteiger partial charge in [0, 0.05) is 5.39 Å². The number of carbonyl (C=O) groups is 1. The maximum atomic E-state index is 11.6. The average Bonchev–Trinajstić information content (AvgIpc) is 2.38. The zero-order chi connectivity index (χ0) is 12.3. The van der Waals surface area contributed by atoms with E-state index < -0.39 is 5.97 Å². The van der Waals surface area contributed by atoms with Gasteiger partial charge in [-0.25, -0.2) is 4.79 Å². The van der Waals surface area contributed by atoms with Crippen LogP contribution in [0.5, 0.6) is 5.75 Å². The van der Waals surface area contributed by atoms with Crippen LogP contribution in [0.3, 0.4) is 0 Å². The molecule has 0 aliphatic rings. The summed E-state index contributed by atoms with van der Waals surface area (Å²) < 4.78 is 5.27. The molecule has 2 heteroatoms. The fourth-order valence-corrected chi connectivity index (χ4v) is 1.53. The summed E-state index contributed by atoms with van der Waals surface area (Å²) in [6.07, 6.45) is 1.38. The minimum Gasteiger partial charge on any atom is -0.422 e. The second kappa shape index (κ2) is 4.66. The fourth-order valence-electron chi connectivity index (χ4n) is 1.53. The van der Waals surface area contributed by atoms with Gasteiger partial charge in [0.2, 0.25) is 0 Å². The molecule has 0 aromatic heterocycles. The third-order valence-electron chi connectivity index (χ3n) is 2.46. The molecule has 0 spiro atoms. The van der Waals surface area contributed by atoms with Crippen molar-refractivity contribution in [1.82, 2.24) is 0 Å². The largest absolute Gasteiger partial charge is 0.422 e. The highest BCUT2D eigenvalue weighted by Crippen LogP contribution is 2.25. The molecule has 0 aliphatic carbocycles. The number of hydrogen-bond acceptors (Lipinski definition) is 2. The first-order chi connectivity index (χ1) is 8.22. The van der Waals surface area contributed by atoms with Crippen LogP contribution in [-0.4, -0.2) is 5.97 Å². The molecule has 0 unspecified atom stereocenters. The molecule has 84 valence electrons. The van der Waals surface area contributed by atoms with Gasteiger partial charge in [-0.3, -0.25) is 0 Å². The Morgan fingerprint density at radius 2 is 1.82 bits per heavy atom. The van der Waals surface area contributed by atoms with E-state index in [-0.39, 0.29) is 5.57 Å². The standard InChI is InChI=1S/C15H12O2/c1-3-11(2)15(16)17-14-10-6-8-12-7-4-5-9-13(12)14/h3-10H,1-2H2. The molecule has 0 radical (unpaired) electrons. The molecule has 0 aliphatic heterocycles. The van der Waals surface area contributed by atoms with Gasteiger partial charge in [0.05, 0.1) is 5.57 Å². The van der Waals surface area contributed by atoms with Crippen LogP contribution in [-0.2, 0) is 4.79 Å². The maximum absolute atomic E-state index is 11.6. The van der Waals surface area contributed by atoms with E-state index in [4.69, 9.17) is 4.74 Å².